The lowest BCUT2D eigenvalue weighted by Gasteiger charge is -2.18. The standard InChI is InChI=1S/C29H30FN3O2/c1-33(2)27(34)15-11-21-10-14-24-25(19-32-26(24)18-21)29(35)28(22-6-4-3-5-7-22)31-17-16-20-8-12-23(30)13-9-20/h3-10,12-14,18-19,28,31-32H,11,15-17H2,1-2H3/t28-/m0/s1. The Morgan fingerprint density at radius 3 is 2.37 bits per heavy atom. The van der Waals surface area contributed by atoms with Crippen molar-refractivity contribution in [2.24, 2.45) is 0 Å². The molecule has 0 spiro atoms. The molecule has 0 unspecified atom stereocenters. The van der Waals surface area contributed by atoms with Gasteiger partial charge in [-0.2, -0.15) is 0 Å². The molecule has 2 N–H and O–H groups in total. The van der Waals surface area contributed by atoms with Crippen molar-refractivity contribution in [3.63, 3.8) is 0 Å². The first-order chi connectivity index (χ1) is 16.9. The number of Topliss-reactive ketones (excluding diaryl/α,β-unsaturated/α-hetero) is 1. The molecule has 0 bridgehead atoms. The van der Waals surface area contributed by atoms with Gasteiger partial charge in [0.25, 0.3) is 0 Å². The lowest BCUT2D eigenvalue weighted by Crippen LogP contribution is -2.30. The van der Waals surface area contributed by atoms with Crippen molar-refractivity contribution in [2.45, 2.75) is 25.3 Å². The first-order valence-corrected chi connectivity index (χ1v) is 11.8. The molecule has 1 amide bonds. The van der Waals surface area contributed by atoms with Crippen molar-refractivity contribution in [1.29, 1.82) is 0 Å². The van der Waals surface area contributed by atoms with E-state index in [0.717, 1.165) is 27.6 Å². The fraction of sp³-hybridized carbons (Fsp3) is 0.241. The summed E-state index contributed by atoms with van der Waals surface area (Å²) in [6, 6.07) is 21.5. The molecule has 0 aliphatic carbocycles. The second-order valence-corrected chi connectivity index (χ2v) is 8.91. The van der Waals surface area contributed by atoms with Crippen molar-refractivity contribution in [3.8, 4) is 0 Å². The van der Waals surface area contributed by atoms with Crippen LogP contribution >= 0.6 is 0 Å². The summed E-state index contributed by atoms with van der Waals surface area (Å²) in [6.45, 7) is 0.573. The number of halogens is 1. The van der Waals surface area contributed by atoms with Crippen molar-refractivity contribution < 1.29 is 14.0 Å². The molecule has 4 rings (SSSR count). The summed E-state index contributed by atoms with van der Waals surface area (Å²) < 4.78 is 13.2. The number of carbonyl (C=O) groups is 2. The number of aromatic amines is 1. The summed E-state index contributed by atoms with van der Waals surface area (Å²) in [4.78, 5) is 30.5. The number of amides is 1. The summed E-state index contributed by atoms with van der Waals surface area (Å²) in [5.41, 5.74) is 4.45. The lowest BCUT2D eigenvalue weighted by molar-refractivity contribution is -0.128. The van der Waals surface area contributed by atoms with Crippen LogP contribution in [0.3, 0.4) is 0 Å². The van der Waals surface area contributed by atoms with Gasteiger partial charge >= 0.3 is 0 Å². The zero-order valence-electron chi connectivity index (χ0n) is 20.1. The van der Waals surface area contributed by atoms with Crippen LogP contribution in [0.15, 0.2) is 79.0 Å². The number of rotatable bonds is 10. The number of aromatic nitrogens is 1. The number of ketones is 1. The fourth-order valence-electron chi connectivity index (χ4n) is 4.18. The van der Waals surface area contributed by atoms with Crippen LogP contribution in [0.2, 0.25) is 0 Å². The van der Waals surface area contributed by atoms with Crippen LogP contribution in [0.25, 0.3) is 10.9 Å². The molecule has 35 heavy (non-hydrogen) atoms. The van der Waals surface area contributed by atoms with Crippen molar-refractivity contribution >= 4 is 22.6 Å². The molecule has 1 heterocycles. The second-order valence-electron chi connectivity index (χ2n) is 8.91. The number of aryl methyl sites for hydroxylation is 1. The molecule has 0 aliphatic rings. The highest BCUT2D eigenvalue weighted by atomic mass is 19.1. The minimum Gasteiger partial charge on any atom is -0.360 e. The normalized spacial score (nSPS) is 12.0. The zero-order chi connectivity index (χ0) is 24.8. The van der Waals surface area contributed by atoms with Gasteiger partial charge in [0.05, 0.1) is 6.04 Å². The number of carbonyl (C=O) groups excluding carboxylic acids is 2. The Kier molecular flexibility index (Phi) is 7.73. The summed E-state index contributed by atoms with van der Waals surface area (Å²) in [7, 11) is 3.51. The van der Waals surface area contributed by atoms with Crippen LogP contribution < -0.4 is 5.32 Å². The average molecular weight is 472 g/mol. The zero-order valence-corrected chi connectivity index (χ0v) is 20.1. The fourth-order valence-corrected chi connectivity index (χ4v) is 4.18. The minimum absolute atomic E-state index is 0.0166. The lowest BCUT2D eigenvalue weighted by atomic mass is 9.96. The second kappa shape index (κ2) is 11.1. The highest BCUT2D eigenvalue weighted by Crippen LogP contribution is 2.26. The van der Waals surface area contributed by atoms with Crippen LogP contribution in [0, 0.1) is 5.82 Å². The van der Waals surface area contributed by atoms with Gasteiger partial charge in [0, 0.05) is 49.7 Å². The van der Waals surface area contributed by atoms with Gasteiger partial charge in [-0.1, -0.05) is 54.6 Å². The molecule has 0 saturated carbocycles. The van der Waals surface area contributed by atoms with E-state index in [1.54, 1.807) is 37.3 Å². The van der Waals surface area contributed by atoms with Gasteiger partial charge in [-0.15, -0.1) is 0 Å². The van der Waals surface area contributed by atoms with E-state index in [-0.39, 0.29) is 17.5 Å². The Labute approximate surface area is 205 Å². The number of hydrogen-bond donors (Lipinski definition) is 2. The van der Waals surface area contributed by atoms with Gasteiger partial charge in [0.2, 0.25) is 5.91 Å². The van der Waals surface area contributed by atoms with E-state index >= 15 is 0 Å². The van der Waals surface area contributed by atoms with E-state index < -0.39 is 6.04 Å². The number of benzene rings is 3. The van der Waals surface area contributed by atoms with Gasteiger partial charge in [-0.05, 0) is 47.7 Å². The predicted octanol–water partition coefficient (Wildman–Crippen LogP) is 5.08. The first-order valence-electron chi connectivity index (χ1n) is 11.8. The molecule has 0 fully saturated rings. The summed E-state index contributed by atoms with van der Waals surface area (Å²) in [5.74, 6) is -0.187. The maximum Gasteiger partial charge on any atom is 0.222 e. The first kappa shape index (κ1) is 24.4. The number of H-pyrrole nitrogens is 1. The quantitative estimate of drug-likeness (QED) is 0.317. The van der Waals surface area contributed by atoms with Gasteiger partial charge in [0.1, 0.15) is 5.82 Å². The van der Waals surface area contributed by atoms with Gasteiger partial charge in [0.15, 0.2) is 5.78 Å². The van der Waals surface area contributed by atoms with Crippen molar-refractivity contribution in [2.75, 3.05) is 20.6 Å². The molecular formula is C29H30FN3O2. The van der Waals surface area contributed by atoms with Crippen LogP contribution in [0.1, 0.15) is 39.5 Å². The summed E-state index contributed by atoms with van der Waals surface area (Å²) >= 11 is 0. The van der Waals surface area contributed by atoms with E-state index in [1.165, 1.54) is 12.1 Å². The Hall–Kier alpha value is -3.77. The largest absolute Gasteiger partial charge is 0.360 e. The monoisotopic (exact) mass is 471 g/mol. The van der Waals surface area contributed by atoms with E-state index in [9.17, 15) is 14.0 Å². The Morgan fingerprint density at radius 1 is 0.943 bits per heavy atom. The molecular weight excluding hydrogens is 441 g/mol. The maximum atomic E-state index is 13.7. The van der Waals surface area contributed by atoms with E-state index in [4.69, 9.17) is 0 Å². The van der Waals surface area contributed by atoms with E-state index in [2.05, 4.69) is 10.3 Å². The van der Waals surface area contributed by atoms with Crippen LogP contribution in [-0.2, 0) is 17.6 Å². The molecule has 0 aliphatic heterocycles. The number of hydrogen-bond acceptors (Lipinski definition) is 3. The molecule has 4 aromatic rings. The minimum atomic E-state index is -0.506. The highest BCUT2D eigenvalue weighted by molar-refractivity contribution is 6.10. The third-order valence-electron chi connectivity index (χ3n) is 6.21. The van der Waals surface area contributed by atoms with Gasteiger partial charge < -0.3 is 15.2 Å². The molecule has 0 radical (unpaired) electrons. The van der Waals surface area contributed by atoms with Gasteiger partial charge in [-0.25, -0.2) is 4.39 Å². The molecule has 6 heteroatoms. The highest BCUT2D eigenvalue weighted by Gasteiger charge is 2.24. The van der Waals surface area contributed by atoms with Crippen molar-refractivity contribution in [3.05, 3.63) is 107 Å². The third kappa shape index (κ3) is 6.03. The maximum absolute atomic E-state index is 13.7. The molecule has 180 valence electrons. The van der Waals surface area contributed by atoms with Gasteiger partial charge in [-0.3, -0.25) is 9.59 Å². The Balaban J connectivity index is 1.52. The SMILES string of the molecule is CN(C)C(=O)CCc1ccc2c(C(=O)[C@@H](NCCc3ccc(F)cc3)c3ccccc3)c[nH]c2c1. The Morgan fingerprint density at radius 2 is 1.66 bits per heavy atom. The number of nitrogens with one attached hydrogen (secondary N) is 2. The topological polar surface area (TPSA) is 65.2 Å². The molecule has 1 aromatic heterocycles. The summed E-state index contributed by atoms with van der Waals surface area (Å²) in [5, 5.41) is 4.27. The predicted molar refractivity (Wildman–Crippen MR) is 137 cm³/mol. The molecule has 5 nitrogen and oxygen atoms in total. The number of fused-ring (bicyclic) bond motifs is 1. The Bertz CT molecular complexity index is 1300. The number of nitrogens with zero attached hydrogens (tertiary/aromatic N) is 1. The van der Waals surface area contributed by atoms with Crippen LogP contribution in [0.4, 0.5) is 4.39 Å². The molecule has 3 aromatic carbocycles. The summed E-state index contributed by atoms with van der Waals surface area (Å²) in [6.07, 6.45) is 3.53. The van der Waals surface area contributed by atoms with E-state index in [1.807, 2.05) is 48.5 Å². The molecule has 0 saturated heterocycles. The van der Waals surface area contributed by atoms with E-state index in [0.29, 0.717) is 31.4 Å². The average Bonchev–Trinajstić information content (AvgIpc) is 3.29. The smallest absolute Gasteiger partial charge is 0.222 e. The molecule has 1 atom stereocenters. The van der Waals surface area contributed by atoms with Crippen LogP contribution in [0.5, 0.6) is 0 Å². The third-order valence-corrected chi connectivity index (χ3v) is 6.21. The van der Waals surface area contributed by atoms with Crippen LogP contribution in [-0.4, -0.2) is 42.2 Å². The van der Waals surface area contributed by atoms with Crippen molar-refractivity contribution in [1.82, 2.24) is 15.2 Å².